The molecule has 2 heterocycles. The van der Waals surface area contributed by atoms with Crippen LogP contribution in [0.15, 0.2) is 36.7 Å². The summed E-state index contributed by atoms with van der Waals surface area (Å²) in [4.78, 5) is 12.4. The first-order valence-corrected chi connectivity index (χ1v) is 9.39. The Morgan fingerprint density at radius 3 is 2.81 bits per heavy atom. The normalized spacial score (nSPS) is 15.0. The molecule has 3 rings (SSSR count). The molecule has 0 aliphatic carbocycles. The highest BCUT2D eigenvalue weighted by molar-refractivity contribution is 6.04. The summed E-state index contributed by atoms with van der Waals surface area (Å²) in [5, 5.41) is 7.25. The molecule has 1 N–H and O–H groups in total. The molecule has 1 aromatic carbocycles. The molecule has 1 aromatic heterocycles. The Bertz CT molecular complexity index is 691. The molecule has 2 aromatic rings. The quantitative estimate of drug-likeness (QED) is 0.731. The zero-order valence-corrected chi connectivity index (χ0v) is 15.3. The Balaban J connectivity index is 1.51. The number of nitrogens with zero attached hydrogens (tertiary/aromatic N) is 2. The molecule has 26 heavy (non-hydrogen) atoms. The number of unbranched alkanes of at least 4 members (excludes halogenated alkanes) is 1. The van der Waals surface area contributed by atoms with Gasteiger partial charge in [-0.2, -0.15) is 5.10 Å². The van der Waals surface area contributed by atoms with E-state index >= 15 is 0 Å². The lowest BCUT2D eigenvalue weighted by Crippen LogP contribution is -2.20. The van der Waals surface area contributed by atoms with Crippen LogP contribution in [0.1, 0.15) is 43.0 Å². The number of benzene rings is 1. The Morgan fingerprint density at radius 2 is 2.08 bits per heavy atom. The molecule has 6 heteroatoms. The third-order valence-corrected chi connectivity index (χ3v) is 4.56. The second-order valence-electron chi connectivity index (χ2n) is 6.69. The van der Waals surface area contributed by atoms with E-state index in [4.69, 9.17) is 9.47 Å². The third-order valence-electron chi connectivity index (χ3n) is 4.56. The molecule has 0 unspecified atom stereocenters. The molecule has 0 spiro atoms. The van der Waals surface area contributed by atoms with E-state index in [9.17, 15) is 4.79 Å². The van der Waals surface area contributed by atoms with Gasteiger partial charge >= 0.3 is 0 Å². The van der Waals surface area contributed by atoms with Gasteiger partial charge in [0.2, 0.25) is 0 Å². The van der Waals surface area contributed by atoms with Crippen molar-refractivity contribution >= 4 is 11.6 Å². The van der Waals surface area contributed by atoms with Crippen molar-refractivity contribution in [1.82, 2.24) is 9.78 Å². The number of amides is 1. The fourth-order valence-corrected chi connectivity index (χ4v) is 2.96. The van der Waals surface area contributed by atoms with E-state index in [2.05, 4.69) is 17.3 Å². The van der Waals surface area contributed by atoms with Gasteiger partial charge in [0.1, 0.15) is 5.75 Å². The predicted molar refractivity (Wildman–Crippen MR) is 101 cm³/mol. The number of carbonyl (C=O) groups excluding carboxylic acids is 1. The minimum Gasteiger partial charge on any atom is -0.494 e. The summed E-state index contributed by atoms with van der Waals surface area (Å²) in [6.07, 6.45) is 7.83. The Kier molecular flexibility index (Phi) is 6.66. The first-order chi connectivity index (χ1) is 12.7. The largest absolute Gasteiger partial charge is 0.494 e. The molecule has 0 atom stereocenters. The minimum atomic E-state index is -0.143. The monoisotopic (exact) mass is 357 g/mol. The fourth-order valence-electron chi connectivity index (χ4n) is 2.96. The van der Waals surface area contributed by atoms with Crippen LogP contribution in [-0.2, 0) is 11.3 Å². The molecular formula is C20H27N3O3. The highest BCUT2D eigenvalue weighted by atomic mass is 16.5. The first kappa shape index (κ1) is 18.5. The number of carbonyl (C=O) groups is 1. The van der Waals surface area contributed by atoms with Crippen LogP contribution in [-0.4, -0.2) is 35.5 Å². The van der Waals surface area contributed by atoms with Crippen LogP contribution >= 0.6 is 0 Å². The summed E-state index contributed by atoms with van der Waals surface area (Å²) in [6, 6.07) is 7.23. The Hall–Kier alpha value is -2.34. The van der Waals surface area contributed by atoms with E-state index in [1.54, 1.807) is 18.3 Å². The average molecular weight is 357 g/mol. The second-order valence-corrected chi connectivity index (χ2v) is 6.69. The standard InChI is InChI=1S/C20H27N3O3/c1-2-3-10-26-19-6-4-17(5-7-19)20(24)22-18-13-21-23(15-18)14-16-8-11-25-12-9-16/h4-7,13,15-16H,2-3,8-12,14H2,1H3,(H,22,24). The van der Waals surface area contributed by atoms with Crippen molar-refractivity contribution in [3.8, 4) is 5.75 Å². The maximum Gasteiger partial charge on any atom is 0.255 e. The Labute approximate surface area is 154 Å². The van der Waals surface area contributed by atoms with Crippen molar-refractivity contribution in [2.75, 3.05) is 25.1 Å². The molecular weight excluding hydrogens is 330 g/mol. The molecule has 0 radical (unpaired) electrons. The van der Waals surface area contributed by atoms with Crippen molar-refractivity contribution in [3.63, 3.8) is 0 Å². The lowest BCUT2D eigenvalue weighted by molar-refractivity contribution is 0.0601. The van der Waals surface area contributed by atoms with Crippen LogP contribution in [0.25, 0.3) is 0 Å². The molecule has 0 bridgehead atoms. The molecule has 140 valence electrons. The molecule has 1 amide bonds. The molecule has 1 fully saturated rings. The predicted octanol–water partition coefficient (Wildman–Crippen LogP) is 3.74. The van der Waals surface area contributed by atoms with Crippen LogP contribution in [0.2, 0.25) is 0 Å². The van der Waals surface area contributed by atoms with Crippen LogP contribution in [0.3, 0.4) is 0 Å². The van der Waals surface area contributed by atoms with Gasteiger partial charge in [0.05, 0.1) is 18.5 Å². The van der Waals surface area contributed by atoms with Crippen molar-refractivity contribution in [2.24, 2.45) is 5.92 Å². The zero-order chi connectivity index (χ0) is 18.2. The summed E-state index contributed by atoms with van der Waals surface area (Å²) in [5.74, 6) is 1.24. The van der Waals surface area contributed by atoms with Crippen LogP contribution < -0.4 is 10.1 Å². The third kappa shape index (κ3) is 5.33. The summed E-state index contributed by atoms with van der Waals surface area (Å²) in [6.45, 7) is 5.35. The van der Waals surface area contributed by atoms with Crippen molar-refractivity contribution in [2.45, 2.75) is 39.2 Å². The second kappa shape index (κ2) is 9.38. The topological polar surface area (TPSA) is 65.4 Å². The molecule has 1 aliphatic rings. The van der Waals surface area contributed by atoms with Gasteiger partial charge in [-0.15, -0.1) is 0 Å². The molecule has 1 saturated heterocycles. The number of nitrogens with one attached hydrogen (secondary N) is 1. The summed E-state index contributed by atoms with van der Waals surface area (Å²) in [5.41, 5.74) is 1.32. The summed E-state index contributed by atoms with van der Waals surface area (Å²) < 4.78 is 12.9. The van der Waals surface area contributed by atoms with Gasteiger partial charge in [0, 0.05) is 31.5 Å². The number of hydrogen-bond acceptors (Lipinski definition) is 4. The van der Waals surface area contributed by atoms with Crippen molar-refractivity contribution in [1.29, 1.82) is 0 Å². The van der Waals surface area contributed by atoms with Crippen LogP contribution in [0, 0.1) is 5.92 Å². The number of aromatic nitrogens is 2. The molecule has 1 aliphatic heterocycles. The fraction of sp³-hybridized carbons (Fsp3) is 0.500. The van der Waals surface area contributed by atoms with E-state index in [0.717, 1.165) is 51.2 Å². The lowest BCUT2D eigenvalue weighted by atomic mass is 10.0. The van der Waals surface area contributed by atoms with E-state index in [1.165, 1.54) is 0 Å². The van der Waals surface area contributed by atoms with Gasteiger partial charge in [-0.3, -0.25) is 9.48 Å². The number of anilines is 1. The van der Waals surface area contributed by atoms with E-state index in [-0.39, 0.29) is 5.91 Å². The van der Waals surface area contributed by atoms with E-state index in [1.807, 2.05) is 23.0 Å². The van der Waals surface area contributed by atoms with Crippen molar-refractivity contribution < 1.29 is 14.3 Å². The van der Waals surface area contributed by atoms with Gasteiger partial charge in [-0.05, 0) is 49.4 Å². The van der Waals surface area contributed by atoms with Gasteiger partial charge in [0.25, 0.3) is 5.91 Å². The van der Waals surface area contributed by atoms with E-state index < -0.39 is 0 Å². The van der Waals surface area contributed by atoms with Gasteiger partial charge in [0.15, 0.2) is 0 Å². The zero-order valence-electron chi connectivity index (χ0n) is 15.3. The highest BCUT2D eigenvalue weighted by Crippen LogP contribution is 2.18. The van der Waals surface area contributed by atoms with Gasteiger partial charge in [-0.25, -0.2) is 0 Å². The highest BCUT2D eigenvalue weighted by Gasteiger charge is 2.15. The van der Waals surface area contributed by atoms with Crippen molar-refractivity contribution in [3.05, 3.63) is 42.2 Å². The molecule has 6 nitrogen and oxygen atoms in total. The minimum absolute atomic E-state index is 0.143. The smallest absolute Gasteiger partial charge is 0.255 e. The Morgan fingerprint density at radius 1 is 1.31 bits per heavy atom. The average Bonchev–Trinajstić information content (AvgIpc) is 3.10. The van der Waals surface area contributed by atoms with Gasteiger partial charge < -0.3 is 14.8 Å². The maximum atomic E-state index is 12.4. The maximum absolute atomic E-state index is 12.4. The van der Waals surface area contributed by atoms with Gasteiger partial charge in [-0.1, -0.05) is 13.3 Å². The number of hydrogen-bond donors (Lipinski definition) is 1. The number of ether oxygens (including phenoxy) is 2. The lowest BCUT2D eigenvalue weighted by Gasteiger charge is -2.21. The SMILES string of the molecule is CCCCOc1ccc(C(=O)Nc2cnn(CC3CCOCC3)c2)cc1. The summed E-state index contributed by atoms with van der Waals surface area (Å²) >= 11 is 0. The first-order valence-electron chi connectivity index (χ1n) is 9.39. The van der Waals surface area contributed by atoms with E-state index in [0.29, 0.717) is 23.8 Å². The summed E-state index contributed by atoms with van der Waals surface area (Å²) in [7, 11) is 0. The van der Waals surface area contributed by atoms with Crippen LogP contribution in [0.4, 0.5) is 5.69 Å². The van der Waals surface area contributed by atoms with Crippen LogP contribution in [0.5, 0.6) is 5.75 Å². The molecule has 0 saturated carbocycles. The number of rotatable bonds is 8.